The van der Waals surface area contributed by atoms with E-state index in [2.05, 4.69) is 10.6 Å². The first-order chi connectivity index (χ1) is 10.5. The molecule has 2 rings (SSSR count). The highest BCUT2D eigenvalue weighted by molar-refractivity contribution is 7.89. The van der Waals surface area contributed by atoms with Crippen LogP contribution < -0.4 is 15.8 Å². The Hall–Kier alpha value is -1.58. The van der Waals surface area contributed by atoms with E-state index in [-0.39, 0.29) is 17.2 Å². The summed E-state index contributed by atoms with van der Waals surface area (Å²) in [5.74, 6) is 0.498. The van der Waals surface area contributed by atoms with Crippen LogP contribution in [0, 0.1) is 0 Å². The van der Waals surface area contributed by atoms with E-state index in [1.54, 1.807) is 6.07 Å². The van der Waals surface area contributed by atoms with Crippen LogP contribution in [-0.4, -0.2) is 32.2 Å². The lowest BCUT2D eigenvalue weighted by molar-refractivity contribution is 0.0464. The minimum absolute atomic E-state index is 0.0823. The molecule has 0 spiro atoms. The zero-order valence-corrected chi connectivity index (χ0v) is 14.3. The predicted octanol–water partition coefficient (Wildman–Crippen LogP) is 1.07. The Kier molecular flexibility index (Phi) is 5.02. The van der Waals surface area contributed by atoms with Crippen molar-refractivity contribution in [2.75, 3.05) is 0 Å². The van der Waals surface area contributed by atoms with Gasteiger partial charge in [-0.1, -0.05) is 0 Å². The number of carbonyl (C=O) groups excluding carboxylic acids is 1. The van der Waals surface area contributed by atoms with Crippen LogP contribution in [0.2, 0.25) is 0 Å². The maximum atomic E-state index is 11.6. The van der Waals surface area contributed by atoms with Gasteiger partial charge in [0.2, 0.25) is 5.09 Å². The number of carbonyl (C=O) groups is 1. The van der Waals surface area contributed by atoms with Gasteiger partial charge in [0.15, 0.2) is 0 Å². The maximum absolute atomic E-state index is 11.6. The van der Waals surface area contributed by atoms with Gasteiger partial charge < -0.3 is 19.8 Å². The Balaban J connectivity index is 1.69. The Morgan fingerprint density at radius 1 is 1.35 bits per heavy atom. The number of ether oxygens (including phenoxy) is 1. The van der Waals surface area contributed by atoms with Gasteiger partial charge in [0.25, 0.3) is 10.0 Å². The van der Waals surface area contributed by atoms with E-state index in [9.17, 15) is 13.2 Å². The third-order valence-corrected chi connectivity index (χ3v) is 4.12. The van der Waals surface area contributed by atoms with E-state index >= 15 is 0 Å². The average molecular weight is 345 g/mol. The molecule has 23 heavy (non-hydrogen) atoms. The summed E-state index contributed by atoms with van der Waals surface area (Å²) in [4.78, 5) is 11.6. The second-order valence-electron chi connectivity index (χ2n) is 6.66. The fourth-order valence-electron chi connectivity index (χ4n) is 2.23. The quantitative estimate of drug-likeness (QED) is 0.733. The van der Waals surface area contributed by atoms with Crippen molar-refractivity contribution in [2.24, 2.45) is 5.14 Å². The standard InChI is InChI=1S/C14H23N3O5S/c1-14(2,3)22-13(18)17-10-6-9(7-10)16-8-11-4-5-12(21-11)23(15,19)20/h4-5,9-10,16H,6-8H2,1-3H3,(H,17,18)(H2,15,19,20). The number of nitrogens with one attached hydrogen (secondary N) is 2. The highest BCUT2D eigenvalue weighted by atomic mass is 32.2. The van der Waals surface area contributed by atoms with Crippen molar-refractivity contribution >= 4 is 16.1 Å². The molecule has 0 radical (unpaired) electrons. The second kappa shape index (κ2) is 6.50. The fraction of sp³-hybridized carbons (Fsp3) is 0.643. The van der Waals surface area contributed by atoms with E-state index in [4.69, 9.17) is 14.3 Å². The van der Waals surface area contributed by atoms with Crippen molar-refractivity contribution in [3.05, 3.63) is 17.9 Å². The number of primary sulfonamides is 1. The zero-order valence-electron chi connectivity index (χ0n) is 13.5. The molecule has 1 amide bonds. The molecule has 130 valence electrons. The minimum Gasteiger partial charge on any atom is -0.447 e. The van der Waals surface area contributed by atoms with E-state index in [1.165, 1.54) is 6.07 Å². The van der Waals surface area contributed by atoms with Gasteiger partial charge in [0.1, 0.15) is 11.4 Å². The molecule has 1 heterocycles. The molecule has 1 saturated carbocycles. The van der Waals surface area contributed by atoms with Crippen LogP contribution in [0.3, 0.4) is 0 Å². The van der Waals surface area contributed by atoms with Crippen LogP contribution in [0.1, 0.15) is 39.4 Å². The summed E-state index contributed by atoms with van der Waals surface area (Å²) in [5.41, 5.74) is -0.508. The molecule has 4 N–H and O–H groups in total. The van der Waals surface area contributed by atoms with Gasteiger partial charge >= 0.3 is 6.09 Å². The third-order valence-electron chi connectivity index (χ3n) is 3.34. The van der Waals surface area contributed by atoms with E-state index in [0.29, 0.717) is 12.3 Å². The molecule has 0 atom stereocenters. The number of nitrogens with two attached hydrogens (primary N) is 1. The Morgan fingerprint density at radius 2 is 2.00 bits per heavy atom. The topological polar surface area (TPSA) is 124 Å². The lowest BCUT2D eigenvalue weighted by Crippen LogP contribution is -2.52. The zero-order chi connectivity index (χ0) is 17.3. The Labute approximate surface area is 135 Å². The van der Waals surface area contributed by atoms with E-state index in [0.717, 1.165) is 12.8 Å². The number of rotatable bonds is 5. The number of hydrogen-bond donors (Lipinski definition) is 3. The van der Waals surface area contributed by atoms with Gasteiger partial charge in [-0.05, 0) is 45.7 Å². The largest absolute Gasteiger partial charge is 0.447 e. The highest BCUT2D eigenvalue weighted by Crippen LogP contribution is 2.21. The molecule has 1 aliphatic carbocycles. The van der Waals surface area contributed by atoms with Crippen molar-refractivity contribution in [3.8, 4) is 0 Å². The summed E-state index contributed by atoms with van der Waals surface area (Å²) in [5, 5.41) is 10.8. The van der Waals surface area contributed by atoms with Gasteiger partial charge in [-0.15, -0.1) is 0 Å². The Morgan fingerprint density at radius 3 is 2.52 bits per heavy atom. The fourth-order valence-corrected chi connectivity index (χ4v) is 2.71. The number of sulfonamides is 1. The van der Waals surface area contributed by atoms with Crippen LogP contribution in [0.5, 0.6) is 0 Å². The summed E-state index contributed by atoms with van der Waals surface area (Å²) >= 11 is 0. The number of amides is 1. The van der Waals surface area contributed by atoms with Crippen LogP contribution in [0.25, 0.3) is 0 Å². The van der Waals surface area contributed by atoms with Gasteiger partial charge in [-0.3, -0.25) is 0 Å². The molecule has 1 aromatic heterocycles. The maximum Gasteiger partial charge on any atom is 0.407 e. The summed E-state index contributed by atoms with van der Waals surface area (Å²) in [6.07, 6.45) is 1.15. The average Bonchev–Trinajstić information content (AvgIpc) is 2.77. The van der Waals surface area contributed by atoms with Crippen molar-refractivity contribution in [1.82, 2.24) is 10.6 Å². The molecule has 0 unspecified atom stereocenters. The van der Waals surface area contributed by atoms with Crippen LogP contribution in [0.4, 0.5) is 4.79 Å². The van der Waals surface area contributed by atoms with Crippen molar-refractivity contribution in [1.29, 1.82) is 0 Å². The lowest BCUT2D eigenvalue weighted by Gasteiger charge is -2.36. The summed E-state index contributed by atoms with van der Waals surface area (Å²) in [6, 6.07) is 3.22. The number of alkyl carbamates (subject to hydrolysis) is 1. The first-order valence-corrected chi connectivity index (χ1v) is 8.92. The highest BCUT2D eigenvalue weighted by Gasteiger charge is 2.31. The summed E-state index contributed by atoms with van der Waals surface area (Å²) in [7, 11) is -3.81. The van der Waals surface area contributed by atoms with Gasteiger partial charge in [-0.25, -0.2) is 18.4 Å². The van der Waals surface area contributed by atoms with Crippen LogP contribution in [0.15, 0.2) is 21.6 Å². The SMILES string of the molecule is CC(C)(C)OC(=O)NC1CC(NCc2ccc(S(N)(=O)=O)o2)C1. The van der Waals surface area contributed by atoms with Crippen molar-refractivity contribution in [3.63, 3.8) is 0 Å². The molecule has 1 aliphatic rings. The molecule has 1 aromatic rings. The van der Waals surface area contributed by atoms with Gasteiger partial charge in [0.05, 0.1) is 6.54 Å². The van der Waals surface area contributed by atoms with E-state index < -0.39 is 21.7 Å². The molecule has 0 saturated heterocycles. The lowest BCUT2D eigenvalue weighted by atomic mass is 9.87. The molecule has 0 aromatic carbocycles. The minimum atomic E-state index is -3.81. The summed E-state index contributed by atoms with van der Waals surface area (Å²) in [6.45, 7) is 5.85. The Bertz CT molecular complexity index is 656. The second-order valence-corrected chi connectivity index (χ2v) is 8.15. The van der Waals surface area contributed by atoms with E-state index in [1.807, 2.05) is 20.8 Å². The van der Waals surface area contributed by atoms with Crippen molar-refractivity contribution < 1.29 is 22.4 Å². The predicted molar refractivity (Wildman–Crippen MR) is 83.1 cm³/mol. The molecular weight excluding hydrogens is 322 g/mol. The summed E-state index contributed by atoms with van der Waals surface area (Å²) < 4.78 is 32.6. The molecule has 0 aliphatic heterocycles. The monoisotopic (exact) mass is 345 g/mol. The first kappa shape index (κ1) is 17.8. The molecule has 9 heteroatoms. The number of hydrogen-bond acceptors (Lipinski definition) is 6. The molecular formula is C14H23N3O5S. The first-order valence-electron chi connectivity index (χ1n) is 7.37. The smallest absolute Gasteiger partial charge is 0.407 e. The van der Waals surface area contributed by atoms with Crippen molar-refractivity contribution in [2.45, 2.75) is 62.9 Å². The van der Waals surface area contributed by atoms with Crippen LogP contribution >= 0.6 is 0 Å². The molecule has 0 bridgehead atoms. The third kappa shape index (κ3) is 5.52. The van der Waals surface area contributed by atoms with Gasteiger partial charge in [0, 0.05) is 12.1 Å². The molecule has 1 fully saturated rings. The van der Waals surface area contributed by atoms with Gasteiger partial charge in [-0.2, -0.15) is 0 Å². The molecule has 8 nitrogen and oxygen atoms in total. The van der Waals surface area contributed by atoms with Crippen LogP contribution in [-0.2, 0) is 21.3 Å². The number of furan rings is 1. The normalized spacial score (nSPS) is 21.6.